The Morgan fingerprint density at radius 2 is 2.06 bits per heavy atom. The Bertz CT molecular complexity index is 573. The van der Waals surface area contributed by atoms with Crippen molar-refractivity contribution < 1.29 is 9.21 Å². The van der Waals surface area contributed by atoms with Crippen molar-refractivity contribution in [1.82, 2.24) is 0 Å². The normalized spacial score (nSPS) is 10.6. The molecule has 18 heavy (non-hydrogen) atoms. The Hall–Kier alpha value is -1.25. The first-order chi connectivity index (χ1) is 8.61. The van der Waals surface area contributed by atoms with Crippen LogP contribution in [-0.2, 0) is 12.8 Å². The molecule has 0 unspecified atom stereocenters. The minimum Gasteiger partial charge on any atom is -0.469 e. The molecule has 0 saturated heterocycles. The molecule has 0 aliphatic carbocycles. The highest BCUT2D eigenvalue weighted by Crippen LogP contribution is 2.23. The number of benzene rings is 1. The van der Waals surface area contributed by atoms with Gasteiger partial charge < -0.3 is 4.42 Å². The Labute approximate surface area is 116 Å². The standard InChI is InChI=1S/C14H12Cl2O2/c1-2-14-11(5-6-18-14)13(17)7-9-3-4-10(15)8-12(9)16/h3-6,8H,2,7H2,1H3. The average molecular weight is 283 g/mol. The maximum atomic E-state index is 12.1. The topological polar surface area (TPSA) is 30.2 Å². The maximum Gasteiger partial charge on any atom is 0.170 e. The molecule has 1 aromatic carbocycles. The predicted molar refractivity (Wildman–Crippen MR) is 72.6 cm³/mol. The van der Waals surface area contributed by atoms with Crippen LogP contribution in [0.3, 0.4) is 0 Å². The van der Waals surface area contributed by atoms with Gasteiger partial charge >= 0.3 is 0 Å². The van der Waals surface area contributed by atoms with E-state index in [0.29, 0.717) is 27.8 Å². The van der Waals surface area contributed by atoms with E-state index in [2.05, 4.69) is 0 Å². The molecule has 0 aliphatic rings. The number of hydrogen-bond acceptors (Lipinski definition) is 2. The van der Waals surface area contributed by atoms with Gasteiger partial charge in [0.05, 0.1) is 11.8 Å². The van der Waals surface area contributed by atoms with E-state index in [1.54, 1.807) is 24.3 Å². The molecule has 2 rings (SSSR count). The first kappa shape index (κ1) is 13.2. The lowest BCUT2D eigenvalue weighted by molar-refractivity contribution is 0.0991. The zero-order valence-electron chi connectivity index (χ0n) is 9.87. The molecule has 0 saturated carbocycles. The summed E-state index contributed by atoms with van der Waals surface area (Å²) in [6, 6.07) is 6.84. The third kappa shape index (κ3) is 2.77. The van der Waals surface area contributed by atoms with Crippen molar-refractivity contribution in [3.05, 3.63) is 57.5 Å². The summed E-state index contributed by atoms with van der Waals surface area (Å²) in [5.41, 5.74) is 1.40. The van der Waals surface area contributed by atoms with Gasteiger partial charge in [0.1, 0.15) is 5.76 Å². The molecule has 2 nitrogen and oxygen atoms in total. The number of halogens is 2. The van der Waals surface area contributed by atoms with E-state index in [1.807, 2.05) is 6.92 Å². The van der Waals surface area contributed by atoms with Gasteiger partial charge in [-0.2, -0.15) is 0 Å². The second-order valence-electron chi connectivity index (χ2n) is 3.95. The van der Waals surface area contributed by atoms with E-state index in [1.165, 1.54) is 6.26 Å². The summed E-state index contributed by atoms with van der Waals surface area (Å²) in [4.78, 5) is 12.1. The van der Waals surface area contributed by atoms with Crippen molar-refractivity contribution in [2.24, 2.45) is 0 Å². The fourth-order valence-electron chi connectivity index (χ4n) is 1.80. The molecular weight excluding hydrogens is 271 g/mol. The first-order valence-electron chi connectivity index (χ1n) is 5.65. The van der Waals surface area contributed by atoms with Gasteiger partial charge in [-0.1, -0.05) is 36.2 Å². The number of ketones is 1. The molecule has 1 heterocycles. The summed E-state index contributed by atoms with van der Waals surface area (Å²) in [5, 5.41) is 1.08. The van der Waals surface area contributed by atoms with Gasteiger partial charge in [0.2, 0.25) is 0 Å². The van der Waals surface area contributed by atoms with Crippen molar-refractivity contribution >= 4 is 29.0 Å². The van der Waals surface area contributed by atoms with Crippen LogP contribution < -0.4 is 0 Å². The van der Waals surface area contributed by atoms with Crippen LogP contribution in [0.1, 0.15) is 28.6 Å². The van der Waals surface area contributed by atoms with Gasteiger partial charge in [-0.3, -0.25) is 4.79 Å². The van der Waals surface area contributed by atoms with E-state index >= 15 is 0 Å². The molecule has 94 valence electrons. The maximum absolute atomic E-state index is 12.1. The van der Waals surface area contributed by atoms with Gasteiger partial charge in [-0.25, -0.2) is 0 Å². The van der Waals surface area contributed by atoms with Crippen LogP contribution in [0.25, 0.3) is 0 Å². The lowest BCUT2D eigenvalue weighted by Crippen LogP contribution is -2.05. The number of rotatable bonds is 4. The number of carbonyl (C=O) groups excluding carboxylic acids is 1. The highest BCUT2D eigenvalue weighted by Gasteiger charge is 2.15. The minimum atomic E-state index is 0.00447. The Balaban J connectivity index is 2.21. The third-order valence-corrected chi connectivity index (χ3v) is 3.32. The van der Waals surface area contributed by atoms with E-state index in [0.717, 1.165) is 5.56 Å². The Morgan fingerprint density at radius 3 is 2.72 bits per heavy atom. The van der Waals surface area contributed by atoms with Crippen LogP contribution in [0.2, 0.25) is 10.0 Å². The number of aryl methyl sites for hydroxylation is 1. The van der Waals surface area contributed by atoms with Crippen LogP contribution in [0.5, 0.6) is 0 Å². The van der Waals surface area contributed by atoms with Gasteiger partial charge in [0, 0.05) is 22.9 Å². The van der Waals surface area contributed by atoms with Crippen molar-refractivity contribution in [3.63, 3.8) is 0 Å². The molecular formula is C14H12Cl2O2. The summed E-state index contributed by atoms with van der Waals surface area (Å²) in [5.74, 6) is 0.718. The monoisotopic (exact) mass is 282 g/mol. The second kappa shape index (κ2) is 5.59. The number of carbonyl (C=O) groups is 1. The first-order valence-corrected chi connectivity index (χ1v) is 6.41. The van der Waals surface area contributed by atoms with E-state index in [-0.39, 0.29) is 12.2 Å². The van der Waals surface area contributed by atoms with Crippen LogP contribution in [0, 0.1) is 0 Å². The van der Waals surface area contributed by atoms with Gasteiger partial charge in [-0.15, -0.1) is 0 Å². The molecule has 0 atom stereocenters. The van der Waals surface area contributed by atoms with Gasteiger partial charge in [0.15, 0.2) is 5.78 Å². The summed E-state index contributed by atoms with van der Waals surface area (Å²) in [7, 11) is 0. The number of hydrogen-bond donors (Lipinski definition) is 0. The summed E-state index contributed by atoms with van der Waals surface area (Å²) < 4.78 is 5.25. The summed E-state index contributed by atoms with van der Waals surface area (Å²) in [6.07, 6.45) is 2.49. The molecule has 0 spiro atoms. The molecule has 0 N–H and O–H groups in total. The zero-order valence-corrected chi connectivity index (χ0v) is 11.4. The van der Waals surface area contributed by atoms with Crippen LogP contribution in [0.15, 0.2) is 34.9 Å². The fraction of sp³-hybridized carbons (Fsp3) is 0.214. The van der Waals surface area contributed by atoms with Crippen LogP contribution >= 0.6 is 23.2 Å². The SMILES string of the molecule is CCc1occc1C(=O)Cc1ccc(Cl)cc1Cl. The Morgan fingerprint density at radius 1 is 1.28 bits per heavy atom. The lowest BCUT2D eigenvalue weighted by atomic mass is 10.0. The van der Waals surface area contributed by atoms with E-state index in [4.69, 9.17) is 27.6 Å². The lowest BCUT2D eigenvalue weighted by Gasteiger charge is -2.04. The highest BCUT2D eigenvalue weighted by molar-refractivity contribution is 6.35. The van der Waals surface area contributed by atoms with Crippen LogP contribution in [0.4, 0.5) is 0 Å². The van der Waals surface area contributed by atoms with E-state index < -0.39 is 0 Å². The molecule has 0 aliphatic heterocycles. The average Bonchev–Trinajstić information content (AvgIpc) is 2.81. The van der Waals surface area contributed by atoms with Crippen molar-refractivity contribution in [1.29, 1.82) is 0 Å². The van der Waals surface area contributed by atoms with Crippen molar-refractivity contribution in [2.75, 3.05) is 0 Å². The van der Waals surface area contributed by atoms with Gasteiger partial charge in [0.25, 0.3) is 0 Å². The molecule has 0 radical (unpaired) electrons. The Kier molecular flexibility index (Phi) is 4.10. The third-order valence-electron chi connectivity index (χ3n) is 2.73. The summed E-state index contributed by atoms with van der Waals surface area (Å²) >= 11 is 11.9. The molecule has 4 heteroatoms. The summed E-state index contributed by atoms with van der Waals surface area (Å²) in [6.45, 7) is 1.95. The largest absolute Gasteiger partial charge is 0.469 e. The molecule has 1 aromatic heterocycles. The molecule has 2 aromatic rings. The van der Waals surface area contributed by atoms with Crippen LogP contribution in [-0.4, -0.2) is 5.78 Å². The van der Waals surface area contributed by atoms with Crippen molar-refractivity contribution in [3.8, 4) is 0 Å². The number of Topliss-reactive ketones (excluding diaryl/α,β-unsaturated/α-hetero) is 1. The minimum absolute atomic E-state index is 0.00447. The smallest absolute Gasteiger partial charge is 0.170 e. The predicted octanol–water partition coefficient (Wildman–Crippen LogP) is 4.57. The van der Waals surface area contributed by atoms with E-state index in [9.17, 15) is 4.79 Å². The molecule has 0 amide bonds. The van der Waals surface area contributed by atoms with Gasteiger partial charge in [-0.05, 0) is 23.8 Å². The quantitative estimate of drug-likeness (QED) is 0.769. The zero-order chi connectivity index (χ0) is 13.1. The highest BCUT2D eigenvalue weighted by atomic mass is 35.5. The number of furan rings is 1. The molecule has 0 bridgehead atoms. The molecule has 0 fully saturated rings. The van der Waals surface area contributed by atoms with Crippen molar-refractivity contribution in [2.45, 2.75) is 19.8 Å². The fourth-order valence-corrected chi connectivity index (χ4v) is 2.27. The second-order valence-corrected chi connectivity index (χ2v) is 4.79.